The second-order valence-corrected chi connectivity index (χ2v) is 4.16. The van der Waals surface area contributed by atoms with Gasteiger partial charge in [-0.1, -0.05) is 47.5 Å². The molecule has 2 aromatic rings. The van der Waals surface area contributed by atoms with Gasteiger partial charge in [0.05, 0.1) is 5.02 Å². The van der Waals surface area contributed by atoms with Crippen LogP contribution >= 0.6 is 23.2 Å². The van der Waals surface area contributed by atoms with E-state index in [0.717, 1.165) is 0 Å². The summed E-state index contributed by atoms with van der Waals surface area (Å²) in [5.74, 6) is -0.117. The van der Waals surface area contributed by atoms with Crippen molar-refractivity contribution in [2.75, 3.05) is 0 Å². The van der Waals surface area contributed by atoms with E-state index in [1.54, 1.807) is 48.5 Å². The zero-order valence-electron chi connectivity index (χ0n) is 8.28. The first kappa shape index (κ1) is 11.2. The molecule has 0 aliphatic carbocycles. The zero-order valence-corrected chi connectivity index (χ0v) is 9.79. The van der Waals surface area contributed by atoms with Crippen LogP contribution in [0, 0.1) is 0 Å². The molecule has 0 unspecified atom stereocenters. The first-order chi connectivity index (χ1) is 7.68. The van der Waals surface area contributed by atoms with E-state index in [9.17, 15) is 4.79 Å². The fourth-order valence-corrected chi connectivity index (χ4v) is 1.84. The van der Waals surface area contributed by atoms with Gasteiger partial charge >= 0.3 is 0 Å². The molecule has 0 aromatic heterocycles. The first-order valence-electron chi connectivity index (χ1n) is 4.73. The van der Waals surface area contributed by atoms with Crippen LogP contribution in [0.1, 0.15) is 15.9 Å². The van der Waals surface area contributed by atoms with Crippen molar-refractivity contribution in [1.82, 2.24) is 0 Å². The van der Waals surface area contributed by atoms with Crippen molar-refractivity contribution in [2.24, 2.45) is 0 Å². The summed E-state index contributed by atoms with van der Waals surface area (Å²) in [6.07, 6.45) is 0. The fourth-order valence-electron chi connectivity index (χ4n) is 1.43. The van der Waals surface area contributed by atoms with Gasteiger partial charge < -0.3 is 0 Å². The van der Waals surface area contributed by atoms with Gasteiger partial charge in [-0.2, -0.15) is 0 Å². The highest BCUT2D eigenvalue weighted by atomic mass is 35.5. The van der Waals surface area contributed by atoms with E-state index in [2.05, 4.69) is 0 Å². The summed E-state index contributed by atoms with van der Waals surface area (Å²) in [5, 5.41) is 0.991. The van der Waals surface area contributed by atoms with E-state index in [1.807, 2.05) is 0 Å². The lowest BCUT2D eigenvalue weighted by Gasteiger charge is -2.03. The molecule has 0 radical (unpaired) electrons. The van der Waals surface area contributed by atoms with E-state index in [4.69, 9.17) is 23.2 Å². The smallest absolute Gasteiger partial charge is 0.194 e. The van der Waals surface area contributed by atoms with Crippen LogP contribution in [0.25, 0.3) is 0 Å². The molecule has 1 nitrogen and oxygen atoms in total. The summed E-state index contributed by atoms with van der Waals surface area (Å²) in [5.41, 5.74) is 1.03. The molecule has 0 aliphatic rings. The molecular weight excluding hydrogens is 243 g/mol. The Morgan fingerprint density at radius 2 is 1.69 bits per heavy atom. The molecule has 0 heterocycles. The minimum atomic E-state index is -0.117. The SMILES string of the molecule is O=C(c1cccc(Cl)c1)c1ccccc1Cl. The monoisotopic (exact) mass is 250 g/mol. The van der Waals surface area contributed by atoms with Gasteiger partial charge in [-0.05, 0) is 24.3 Å². The molecule has 0 atom stereocenters. The molecule has 16 heavy (non-hydrogen) atoms. The number of ketones is 1. The second-order valence-electron chi connectivity index (χ2n) is 3.32. The fraction of sp³-hybridized carbons (Fsp3) is 0. The molecule has 0 saturated carbocycles. The third kappa shape index (κ3) is 2.26. The summed E-state index contributed by atoms with van der Waals surface area (Å²) in [4.78, 5) is 12.1. The highest BCUT2D eigenvalue weighted by Gasteiger charge is 2.11. The molecule has 0 fully saturated rings. The van der Waals surface area contributed by atoms with Gasteiger partial charge in [0.1, 0.15) is 0 Å². The number of carbonyl (C=O) groups excluding carboxylic acids is 1. The third-order valence-corrected chi connectivity index (χ3v) is 2.77. The van der Waals surface area contributed by atoms with Crippen LogP contribution in [-0.2, 0) is 0 Å². The molecule has 0 amide bonds. The maximum absolute atomic E-state index is 12.1. The minimum absolute atomic E-state index is 0.117. The predicted molar refractivity (Wildman–Crippen MR) is 66.3 cm³/mol. The van der Waals surface area contributed by atoms with Crippen molar-refractivity contribution < 1.29 is 4.79 Å². The Balaban J connectivity index is 2.44. The van der Waals surface area contributed by atoms with Crippen LogP contribution in [0.3, 0.4) is 0 Å². The summed E-state index contributed by atoms with van der Waals surface area (Å²) in [6, 6.07) is 13.8. The number of halogens is 2. The van der Waals surface area contributed by atoms with Gasteiger partial charge in [0, 0.05) is 16.1 Å². The number of hydrogen-bond acceptors (Lipinski definition) is 1. The Morgan fingerprint density at radius 3 is 2.38 bits per heavy atom. The average Bonchev–Trinajstić information content (AvgIpc) is 2.29. The van der Waals surface area contributed by atoms with Gasteiger partial charge in [-0.3, -0.25) is 4.79 Å². The quantitative estimate of drug-likeness (QED) is 0.730. The Bertz CT molecular complexity index is 535. The molecule has 0 saturated heterocycles. The van der Waals surface area contributed by atoms with Crippen LogP contribution in [0.15, 0.2) is 48.5 Å². The molecule has 0 aliphatic heterocycles. The zero-order chi connectivity index (χ0) is 11.5. The topological polar surface area (TPSA) is 17.1 Å². The number of rotatable bonds is 2. The Hall–Kier alpha value is -1.31. The summed E-state index contributed by atoms with van der Waals surface area (Å²) >= 11 is 11.8. The highest BCUT2D eigenvalue weighted by Crippen LogP contribution is 2.20. The summed E-state index contributed by atoms with van der Waals surface area (Å²) < 4.78 is 0. The lowest BCUT2D eigenvalue weighted by Crippen LogP contribution is -2.01. The molecule has 0 N–H and O–H groups in total. The number of hydrogen-bond donors (Lipinski definition) is 0. The molecule has 2 rings (SSSR count). The van der Waals surface area contributed by atoms with Crippen molar-refractivity contribution in [1.29, 1.82) is 0 Å². The van der Waals surface area contributed by atoms with Crippen molar-refractivity contribution in [2.45, 2.75) is 0 Å². The molecule has 0 spiro atoms. The standard InChI is InChI=1S/C13H8Cl2O/c14-10-5-3-4-9(8-10)13(16)11-6-1-2-7-12(11)15/h1-8H. The van der Waals surface area contributed by atoms with Crippen molar-refractivity contribution in [3.63, 3.8) is 0 Å². The molecule has 80 valence electrons. The predicted octanol–water partition coefficient (Wildman–Crippen LogP) is 4.22. The lowest BCUT2D eigenvalue weighted by atomic mass is 10.0. The minimum Gasteiger partial charge on any atom is -0.289 e. The van der Waals surface area contributed by atoms with Crippen LogP contribution in [0.5, 0.6) is 0 Å². The molecule has 2 aromatic carbocycles. The summed E-state index contributed by atoms with van der Waals surface area (Å²) in [7, 11) is 0. The maximum Gasteiger partial charge on any atom is 0.194 e. The van der Waals surface area contributed by atoms with E-state index in [-0.39, 0.29) is 5.78 Å². The Morgan fingerprint density at radius 1 is 0.938 bits per heavy atom. The van der Waals surface area contributed by atoms with Crippen LogP contribution in [0.4, 0.5) is 0 Å². The second kappa shape index (κ2) is 4.69. The van der Waals surface area contributed by atoms with Gasteiger partial charge in [-0.25, -0.2) is 0 Å². The van der Waals surface area contributed by atoms with E-state index in [1.165, 1.54) is 0 Å². The summed E-state index contributed by atoms with van der Waals surface area (Å²) in [6.45, 7) is 0. The van der Waals surface area contributed by atoms with Crippen LogP contribution in [0.2, 0.25) is 10.0 Å². The Labute approximate surface area is 104 Å². The van der Waals surface area contributed by atoms with Crippen molar-refractivity contribution in [3.05, 3.63) is 69.7 Å². The van der Waals surface area contributed by atoms with Crippen LogP contribution < -0.4 is 0 Å². The third-order valence-electron chi connectivity index (χ3n) is 2.21. The maximum atomic E-state index is 12.1. The average molecular weight is 251 g/mol. The lowest BCUT2D eigenvalue weighted by molar-refractivity contribution is 0.103. The molecular formula is C13H8Cl2O. The highest BCUT2D eigenvalue weighted by molar-refractivity contribution is 6.35. The van der Waals surface area contributed by atoms with Gasteiger partial charge in [0.15, 0.2) is 5.78 Å². The van der Waals surface area contributed by atoms with Gasteiger partial charge in [0.25, 0.3) is 0 Å². The molecule has 0 bridgehead atoms. The van der Waals surface area contributed by atoms with Crippen molar-refractivity contribution >= 4 is 29.0 Å². The normalized spacial score (nSPS) is 10.1. The Kier molecular flexibility index (Phi) is 3.28. The largest absolute Gasteiger partial charge is 0.289 e. The van der Waals surface area contributed by atoms with E-state index >= 15 is 0 Å². The first-order valence-corrected chi connectivity index (χ1v) is 5.49. The van der Waals surface area contributed by atoms with Crippen LogP contribution in [-0.4, -0.2) is 5.78 Å². The van der Waals surface area contributed by atoms with Gasteiger partial charge in [-0.15, -0.1) is 0 Å². The molecule has 3 heteroatoms. The van der Waals surface area contributed by atoms with E-state index < -0.39 is 0 Å². The number of carbonyl (C=O) groups is 1. The van der Waals surface area contributed by atoms with Crippen molar-refractivity contribution in [3.8, 4) is 0 Å². The van der Waals surface area contributed by atoms with E-state index in [0.29, 0.717) is 21.2 Å². The van der Waals surface area contributed by atoms with Gasteiger partial charge in [0.2, 0.25) is 0 Å². The number of benzene rings is 2.